The molecule has 0 nitrogen and oxygen atoms in total. The smallest absolute Gasteiger partial charge is 0.198 e. The molecule has 0 aliphatic carbocycles. The highest BCUT2D eigenvalue weighted by Crippen LogP contribution is 2.34. The Labute approximate surface area is 100 Å². The summed E-state index contributed by atoms with van der Waals surface area (Å²) < 4.78 is 52.8. The highest BCUT2D eigenvalue weighted by molar-refractivity contribution is 7.80. The maximum absolute atomic E-state index is 13.6. The molecular formula is C12H6F4S. The van der Waals surface area contributed by atoms with E-state index in [9.17, 15) is 17.6 Å². The fraction of sp³-hybridized carbons (Fsp3) is 0. The zero-order valence-electron chi connectivity index (χ0n) is 8.35. The van der Waals surface area contributed by atoms with Gasteiger partial charge in [-0.05, 0) is 5.56 Å². The van der Waals surface area contributed by atoms with Gasteiger partial charge in [-0.25, -0.2) is 17.6 Å². The molecule has 0 saturated carbocycles. The van der Waals surface area contributed by atoms with E-state index in [1.165, 1.54) is 12.1 Å². The molecule has 17 heavy (non-hydrogen) atoms. The molecule has 0 spiro atoms. The van der Waals surface area contributed by atoms with Crippen LogP contribution in [-0.4, -0.2) is 0 Å². The van der Waals surface area contributed by atoms with E-state index < -0.39 is 28.2 Å². The molecule has 88 valence electrons. The highest BCUT2D eigenvalue weighted by Gasteiger charge is 2.24. The van der Waals surface area contributed by atoms with Gasteiger partial charge in [0.2, 0.25) is 0 Å². The van der Waals surface area contributed by atoms with Crippen LogP contribution in [0.3, 0.4) is 0 Å². The minimum atomic E-state index is -1.85. The maximum atomic E-state index is 13.6. The first-order valence-electron chi connectivity index (χ1n) is 4.64. The van der Waals surface area contributed by atoms with E-state index in [-0.39, 0.29) is 11.1 Å². The topological polar surface area (TPSA) is 0 Å². The predicted molar refractivity (Wildman–Crippen MR) is 59.0 cm³/mol. The molecule has 2 rings (SSSR count). The fourth-order valence-corrected chi connectivity index (χ4v) is 1.81. The van der Waals surface area contributed by atoms with Crippen LogP contribution < -0.4 is 0 Å². The van der Waals surface area contributed by atoms with Gasteiger partial charge in [-0.15, -0.1) is 12.6 Å². The minimum Gasteiger partial charge on any atom is -0.203 e. The Balaban J connectivity index is 2.80. The Morgan fingerprint density at radius 1 is 0.706 bits per heavy atom. The van der Waals surface area contributed by atoms with Crippen molar-refractivity contribution in [3.05, 3.63) is 53.6 Å². The Morgan fingerprint density at radius 3 is 1.82 bits per heavy atom. The molecule has 0 radical (unpaired) electrons. The Morgan fingerprint density at radius 2 is 1.24 bits per heavy atom. The average molecular weight is 258 g/mol. The van der Waals surface area contributed by atoms with Gasteiger partial charge in [0.25, 0.3) is 0 Å². The quantitative estimate of drug-likeness (QED) is 0.337. The number of hydrogen-bond acceptors (Lipinski definition) is 1. The SMILES string of the molecule is Fc1c(F)c(F)c(-c2ccccc2)c(S)c1F. The lowest BCUT2D eigenvalue weighted by atomic mass is 10.0. The fourth-order valence-electron chi connectivity index (χ4n) is 1.49. The molecule has 0 fully saturated rings. The monoisotopic (exact) mass is 258 g/mol. The molecule has 0 amide bonds. The molecule has 5 heteroatoms. The molecule has 0 atom stereocenters. The van der Waals surface area contributed by atoms with Crippen LogP contribution in [0.4, 0.5) is 17.6 Å². The van der Waals surface area contributed by atoms with Crippen LogP contribution in [0.5, 0.6) is 0 Å². The van der Waals surface area contributed by atoms with Crippen molar-refractivity contribution in [2.24, 2.45) is 0 Å². The number of benzene rings is 2. The third kappa shape index (κ3) is 1.91. The van der Waals surface area contributed by atoms with E-state index in [2.05, 4.69) is 12.6 Å². The van der Waals surface area contributed by atoms with Gasteiger partial charge in [0, 0.05) is 5.56 Å². The van der Waals surface area contributed by atoms with E-state index in [4.69, 9.17) is 0 Å². The molecule has 0 aliphatic rings. The van der Waals surface area contributed by atoms with Gasteiger partial charge in [0.15, 0.2) is 23.3 Å². The summed E-state index contributed by atoms with van der Waals surface area (Å²) in [6.45, 7) is 0. The summed E-state index contributed by atoms with van der Waals surface area (Å²) in [7, 11) is 0. The summed E-state index contributed by atoms with van der Waals surface area (Å²) in [6.07, 6.45) is 0. The van der Waals surface area contributed by atoms with E-state index in [1.54, 1.807) is 18.2 Å². The third-order valence-corrected chi connectivity index (χ3v) is 2.72. The van der Waals surface area contributed by atoms with Crippen molar-refractivity contribution in [1.82, 2.24) is 0 Å². The lowest BCUT2D eigenvalue weighted by molar-refractivity contribution is 0.401. The maximum Gasteiger partial charge on any atom is 0.198 e. The number of thiol groups is 1. The summed E-state index contributed by atoms with van der Waals surface area (Å²) in [6, 6.07) is 7.71. The summed E-state index contributed by atoms with van der Waals surface area (Å²) in [5.41, 5.74) is -0.155. The number of rotatable bonds is 1. The first kappa shape index (κ1) is 12.0. The van der Waals surface area contributed by atoms with Gasteiger partial charge in [-0.2, -0.15) is 0 Å². The predicted octanol–water partition coefficient (Wildman–Crippen LogP) is 4.20. The van der Waals surface area contributed by atoms with Gasteiger partial charge < -0.3 is 0 Å². The van der Waals surface area contributed by atoms with Gasteiger partial charge in [-0.1, -0.05) is 30.3 Å². The number of halogens is 4. The lowest BCUT2D eigenvalue weighted by Gasteiger charge is -2.09. The molecule has 0 bridgehead atoms. The van der Waals surface area contributed by atoms with Crippen molar-refractivity contribution in [3.63, 3.8) is 0 Å². The molecule has 0 unspecified atom stereocenters. The lowest BCUT2D eigenvalue weighted by Crippen LogP contribution is -2.01. The molecule has 0 aromatic heterocycles. The second-order valence-corrected chi connectivity index (χ2v) is 3.79. The van der Waals surface area contributed by atoms with Crippen molar-refractivity contribution in [2.45, 2.75) is 4.90 Å². The largest absolute Gasteiger partial charge is 0.203 e. The second-order valence-electron chi connectivity index (χ2n) is 3.35. The van der Waals surface area contributed by atoms with Gasteiger partial charge in [-0.3, -0.25) is 0 Å². The van der Waals surface area contributed by atoms with E-state index >= 15 is 0 Å². The van der Waals surface area contributed by atoms with Crippen molar-refractivity contribution >= 4 is 12.6 Å². The Kier molecular flexibility index (Phi) is 3.11. The average Bonchev–Trinajstić information content (AvgIpc) is 2.36. The van der Waals surface area contributed by atoms with Crippen LogP contribution in [0.1, 0.15) is 0 Å². The highest BCUT2D eigenvalue weighted by atomic mass is 32.1. The van der Waals surface area contributed by atoms with Gasteiger partial charge in [0.1, 0.15) is 0 Å². The van der Waals surface area contributed by atoms with Crippen LogP contribution in [0, 0.1) is 23.3 Å². The van der Waals surface area contributed by atoms with Gasteiger partial charge in [0.05, 0.1) is 4.90 Å². The molecule has 0 heterocycles. The third-order valence-electron chi connectivity index (χ3n) is 2.30. The van der Waals surface area contributed by atoms with Crippen molar-refractivity contribution in [3.8, 4) is 11.1 Å². The summed E-state index contributed by atoms with van der Waals surface area (Å²) in [5, 5.41) is 0. The molecule has 2 aromatic rings. The Bertz CT molecular complexity index is 537. The van der Waals surface area contributed by atoms with Crippen LogP contribution in [0.2, 0.25) is 0 Å². The zero-order chi connectivity index (χ0) is 12.6. The van der Waals surface area contributed by atoms with Crippen molar-refractivity contribution in [2.75, 3.05) is 0 Å². The van der Waals surface area contributed by atoms with E-state index in [1.807, 2.05) is 0 Å². The standard InChI is InChI=1S/C12H6F4S/c13-8-7(6-4-2-1-3-5-6)12(17)11(16)10(15)9(8)14/h1-5,17H. The zero-order valence-corrected chi connectivity index (χ0v) is 9.24. The molecule has 0 saturated heterocycles. The minimum absolute atomic E-state index is 0.229. The number of hydrogen-bond donors (Lipinski definition) is 1. The normalized spacial score (nSPS) is 10.6. The van der Waals surface area contributed by atoms with Gasteiger partial charge >= 0.3 is 0 Å². The van der Waals surface area contributed by atoms with Crippen molar-refractivity contribution < 1.29 is 17.6 Å². The van der Waals surface area contributed by atoms with E-state index in [0.29, 0.717) is 0 Å². The Hall–Kier alpha value is -1.49. The molecular weight excluding hydrogens is 252 g/mol. The van der Waals surface area contributed by atoms with E-state index in [0.717, 1.165) is 0 Å². The van der Waals surface area contributed by atoms with Crippen LogP contribution in [0.15, 0.2) is 35.2 Å². The summed E-state index contributed by atoms with van der Waals surface area (Å²) >= 11 is 3.69. The summed E-state index contributed by atoms with van der Waals surface area (Å²) in [5.74, 6) is -6.63. The molecule has 2 aromatic carbocycles. The second kappa shape index (κ2) is 4.41. The molecule has 0 aliphatic heterocycles. The first-order valence-corrected chi connectivity index (χ1v) is 5.09. The summed E-state index contributed by atoms with van der Waals surface area (Å²) in [4.78, 5) is -0.549. The van der Waals surface area contributed by atoms with Crippen molar-refractivity contribution in [1.29, 1.82) is 0 Å². The van der Waals surface area contributed by atoms with Crippen LogP contribution >= 0.6 is 12.6 Å². The van der Waals surface area contributed by atoms with Crippen LogP contribution in [-0.2, 0) is 0 Å². The first-order chi connectivity index (χ1) is 8.04. The molecule has 0 N–H and O–H groups in total. The van der Waals surface area contributed by atoms with Crippen LogP contribution in [0.25, 0.3) is 11.1 Å².